The summed E-state index contributed by atoms with van der Waals surface area (Å²) in [7, 11) is 0. The number of carbonyl (C=O) groups is 1. The van der Waals surface area contributed by atoms with E-state index in [2.05, 4.69) is 10.5 Å². The summed E-state index contributed by atoms with van der Waals surface area (Å²) < 4.78 is 0. The maximum Gasteiger partial charge on any atom is 0.223 e. The molecule has 0 saturated heterocycles. The molecule has 3 aliphatic rings. The Hall–Kier alpha value is -1.26. The zero-order valence-electron chi connectivity index (χ0n) is 12.7. The largest absolute Gasteiger partial charge is 0.409 e. The van der Waals surface area contributed by atoms with Crippen molar-refractivity contribution in [1.29, 1.82) is 0 Å². The van der Waals surface area contributed by atoms with Gasteiger partial charge in [-0.3, -0.25) is 4.79 Å². The summed E-state index contributed by atoms with van der Waals surface area (Å²) in [5, 5.41) is 15.6. The lowest BCUT2D eigenvalue weighted by Crippen LogP contribution is -2.58. The lowest BCUT2D eigenvalue weighted by Gasteiger charge is -2.36. The lowest BCUT2D eigenvalue weighted by atomic mass is 9.82. The normalized spacial score (nSPS) is 35.4. The van der Waals surface area contributed by atoms with Crippen LogP contribution in [-0.4, -0.2) is 22.5 Å². The lowest BCUT2D eigenvalue weighted by molar-refractivity contribution is -0.126. The van der Waals surface area contributed by atoms with Crippen molar-refractivity contribution in [3.05, 3.63) is 0 Å². The molecule has 2 unspecified atom stereocenters. The van der Waals surface area contributed by atoms with Gasteiger partial charge in [0.25, 0.3) is 0 Å². The highest BCUT2D eigenvalue weighted by atomic mass is 16.4. The van der Waals surface area contributed by atoms with Gasteiger partial charge in [-0.15, -0.1) is 0 Å². The fraction of sp³-hybridized carbons (Fsp3) is 0.875. The molecule has 0 aliphatic heterocycles. The van der Waals surface area contributed by atoms with E-state index in [0.717, 1.165) is 63.2 Å². The maximum atomic E-state index is 12.6. The number of amides is 1. The van der Waals surface area contributed by atoms with Crippen LogP contribution in [0.15, 0.2) is 5.16 Å². The van der Waals surface area contributed by atoms with Crippen LogP contribution in [0.4, 0.5) is 0 Å². The Bertz CT molecular complexity index is 417. The molecule has 0 heterocycles. The molecule has 3 saturated carbocycles. The third kappa shape index (κ3) is 3.01. The van der Waals surface area contributed by atoms with Crippen molar-refractivity contribution in [1.82, 2.24) is 5.32 Å². The second kappa shape index (κ2) is 5.85. The molecule has 2 atom stereocenters. The van der Waals surface area contributed by atoms with Gasteiger partial charge in [0.15, 0.2) is 5.84 Å². The number of carbonyl (C=O) groups excluding carboxylic acids is 1. The van der Waals surface area contributed by atoms with Crippen LogP contribution < -0.4 is 11.1 Å². The van der Waals surface area contributed by atoms with Crippen molar-refractivity contribution in [2.75, 3.05) is 0 Å². The van der Waals surface area contributed by atoms with Crippen molar-refractivity contribution in [3.63, 3.8) is 0 Å². The highest BCUT2D eigenvalue weighted by Gasteiger charge is 2.49. The van der Waals surface area contributed by atoms with E-state index in [1.807, 2.05) is 0 Å². The number of oxime groups is 1. The van der Waals surface area contributed by atoms with Gasteiger partial charge in [0.1, 0.15) is 5.54 Å². The summed E-state index contributed by atoms with van der Waals surface area (Å²) in [5.74, 6) is 2.02. The quantitative estimate of drug-likeness (QED) is 0.323. The minimum absolute atomic E-state index is 0.120. The number of amidine groups is 1. The molecule has 3 fully saturated rings. The molecular weight excluding hydrogens is 266 g/mol. The van der Waals surface area contributed by atoms with Gasteiger partial charge in [0, 0.05) is 5.92 Å². The van der Waals surface area contributed by atoms with E-state index in [0.29, 0.717) is 0 Å². The first-order valence-corrected chi connectivity index (χ1v) is 8.45. The molecule has 3 rings (SSSR count). The van der Waals surface area contributed by atoms with Crippen LogP contribution in [-0.2, 0) is 4.79 Å². The van der Waals surface area contributed by atoms with Gasteiger partial charge in [-0.05, 0) is 43.9 Å². The van der Waals surface area contributed by atoms with Crippen LogP contribution in [0, 0.1) is 17.8 Å². The van der Waals surface area contributed by atoms with Gasteiger partial charge in [-0.25, -0.2) is 0 Å². The Morgan fingerprint density at radius 2 is 1.62 bits per heavy atom. The predicted octanol–water partition coefficient (Wildman–Crippen LogP) is 2.38. The Balaban J connectivity index is 1.70. The minimum Gasteiger partial charge on any atom is -0.409 e. The number of nitrogens with two attached hydrogens (primary N) is 1. The molecule has 1 amide bonds. The monoisotopic (exact) mass is 293 g/mol. The standard InChI is InChI=1S/C16H27N3O2/c17-15(19-21)16(6-4-2-1-3-5-7-16)18-14(20)13-9-11-8-12(11)10-13/h11-13,21H,1-10H2,(H2,17,19)(H,18,20). The van der Waals surface area contributed by atoms with Crippen LogP contribution in [0.2, 0.25) is 0 Å². The maximum absolute atomic E-state index is 12.6. The Morgan fingerprint density at radius 3 is 2.19 bits per heavy atom. The molecule has 0 spiro atoms. The highest BCUT2D eigenvalue weighted by Crippen LogP contribution is 2.54. The second-order valence-electron chi connectivity index (χ2n) is 7.25. The van der Waals surface area contributed by atoms with Crippen LogP contribution >= 0.6 is 0 Å². The molecule has 0 aromatic carbocycles. The van der Waals surface area contributed by atoms with E-state index in [1.165, 1.54) is 12.8 Å². The first-order valence-electron chi connectivity index (χ1n) is 8.45. The summed E-state index contributed by atoms with van der Waals surface area (Å²) in [6.45, 7) is 0. The van der Waals surface area contributed by atoms with Gasteiger partial charge in [-0.1, -0.05) is 37.3 Å². The summed E-state index contributed by atoms with van der Waals surface area (Å²) in [5.41, 5.74) is 5.35. The van der Waals surface area contributed by atoms with Crippen molar-refractivity contribution in [3.8, 4) is 0 Å². The van der Waals surface area contributed by atoms with Crippen LogP contribution in [0.1, 0.15) is 64.2 Å². The number of hydrogen-bond donors (Lipinski definition) is 3. The summed E-state index contributed by atoms with van der Waals surface area (Å²) in [6.07, 6.45) is 10.5. The Labute approximate surface area is 126 Å². The van der Waals surface area contributed by atoms with Crippen LogP contribution in [0.5, 0.6) is 0 Å². The molecule has 118 valence electrons. The number of fused-ring (bicyclic) bond motifs is 1. The zero-order valence-corrected chi connectivity index (χ0v) is 12.7. The van der Waals surface area contributed by atoms with E-state index in [-0.39, 0.29) is 17.7 Å². The number of nitrogens with zero attached hydrogens (tertiary/aromatic N) is 1. The van der Waals surface area contributed by atoms with E-state index < -0.39 is 5.54 Å². The minimum atomic E-state index is -0.626. The smallest absolute Gasteiger partial charge is 0.223 e. The van der Waals surface area contributed by atoms with Gasteiger partial charge in [0.05, 0.1) is 0 Å². The molecule has 4 N–H and O–H groups in total. The van der Waals surface area contributed by atoms with Crippen LogP contribution in [0.3, 0.4) is 0 Å². The topological polar surface area (TPSA) is 87.7 Å². The van der Waals surface area contributed by atoms with Gasteiger partial charge >= 0.3 is 0 Å². The second-order valence-corrected chi connectivity index (χ2v) is 7.25. The van der Waals surface area contributed by atoms with Crippen molar-refractivity contribution >= 4 is 11.7 Å². The average molecular weight is 293 g/mol. The fourth-order valence-corrected chi connectivity index (χ4v) is 4.32. The SMILES string of the molecule is NC(=NO)C1(NC(=O)C2CC3CC3C2)CCCCCCC1. The molecule has 0 aromatic heterocycles. The molecule has 3 aliphatic carbocycles. The van der Waals surface area contributed by atoms with Gasteiger partial charge in [-0.2, -0.15) is 0 Å². The zero-order chi connectivity index (χ0) is 14.9. The number of rotatable bonds is 3. The Kier molecular flexibility index (Phi) is 4.09. The number of hydrogen-bond acceptors (Lipinski definition) is 3. The number of nitrogens with one attached hydrogen (secondary N) is 1. The molecule has 0 aromatic rings. The summed E-state index contributed by atoms with van der Waals surface area (Å²) in [4.78, 5) is 12.6. The fourth-order valence-electron chi connectivity index (χ4n) is 4.32. The van der Waals surface area contributed by atoms with Crippen LogP contribution in [0.25, 0.3) is 0 Å². The molecule has 0 bridgehead atoms. The van der Waals surface area contributed by atoms with E-state index in [1.54, 1.807) is 0 Å². The summed E-state index contributed by atoms with van der Waals surface area (Å²) >= 11 is 0. The molecular formula is C16H27N3O2. The molecule has 5 heteroatoms. The van der Waals surface area contributed by atoms with E-state index in [4.69, 9.17) is 10.9 Å². The third-order valence-corrected chi connectivity index (χ3v) is 5.78. The first kappa shape index (κ1) is 14.7. The van der Waals surface area contributed by atoms with E-state index in [9.17, 15) is 4.79 Å². The van der Waals surface area contributed by atoms with Crippen molar-refractivity contribution < 1.29 is 10.0 Å². The van der Waals surface area contributed by atoms with Crippen molar-refractivity contribution in [2.45, 2.75) is 69.7 Å². The average Bonchev–Trinajstić information content (AvgIpc) is 3.07. The predicted molar refractivity (Wildman–Crippen MR) is 80.9 cm³/mol. The molecule has 0 radical (unpaired) electrons. The van der Waals surface area contributed by atoms with Gasteiger partial charge in [0.2, 0.25) is 5.91 Å². The molecule has 21 heavy (non-hydrogen) atoms. The molecule has 5 nitrogen and oxygen atoms in total. The van der Waals surface area contributed by atoms with E-state index >= 15 is 0 Å². The van der Waals surface area contributed by atoms with Gasteiger partial charge < -0.3 is 16.3 Å². The van der Waals surface area contributed by atoms with Crippen molar-refractivity contribution in [2.24, 2.45) is 28.6 Å². The Morgan fingerprint density at radius 1 is 1.05 bits per heavy atom. The highest BCUT2D eigenvalue weighted by molar-refractivity contribution is 5.94. The first-order chi connectivity index (χ1) is 10.1. The third-order valence-electron chi connectivity index (χ3n) is 5.78. The summed E-state index contributed by atoms with van der Waals surface area (Å²) in [6, 6.07) is 0.